The van der Waals surface area contributed by atoms with E-state index in [1.807, 2.05) is 19.1 Å². The Morgan fingerprint density at radius 2 is 2.05 bits per heavy atom. The van der Waals surface area contributed by atoms with Crippen molar-refractivity contribution in [2.24, 2.45) is 5.92 Å². The first kappa shape index (κ1) is 17.4. The summed E-state index contributed by atoms with van der Waals surface area (Å²) in [6, 6.07) is 5.35. The maximum absolute atomic E-state index is 13.4. The van der Waals surface area contributed by atoms with Crippen LogP contribution in [0.2, 0.25) is 0 Å². The van der Waals surface area contributed by atoms with Crippen molar-refractivity contribution in [1.82, 2.24) is 9.80 Å². The molecule has 0 amide bonds. The largest absolute Gasteiger partial charge is 0.390 e. The molecule has 124 valence electrons. The lowest BCUT2D eigenvalue weighted by molar-refractivity contribution is -0.0441. The molecule has 1 aromatic rings. The molecule has 2 rings (SSSR count). The fourth-order valence-electron chi connectivity index (χ4n) is 3.13. The lowest BCUT2D eigenvalue weighted by atomic mass is 9.85. The highest BCUT2D eigenvalue weighted by molar-refractivity contribution is 5.24. The van der Waals surface area contributed by atoms with E-state index < -0.39 is 0 Å². The van der Waals surface area contributed by atoms with Crippen molar-refractivity contribution in [3.05, 3.63) is 35.1 Å². The van der Waals surface area contributed by atoms with Crippen molar-refractivity contribution in [3.8, 4) is 0 Å². The van der Waals surface area contributed by atoms with Gasteiger partial charge in [-0.05, 0) is 44.0 Å². The standard InChI is InChI=1S/C18H29FN2O/c1-13(2)18(4,12-21-10-16(22)11-21)20(5)9-15-6-7-17(19)14(3)8-15/h6-8,13,16,22H,9-12H2,1-5H3. The zero-order valence-electron chi connectivity index (χ0n) is 14.4. The zero-order chi connectivity index (χ0) is 16.5. The minimum absolute atomic E-state index is 0.0163. The smallest absolute Gasteiger partial charge is 0.126 e. The Morgan fingerprint density at radius 1 is 1.41 bits per heavy atom. The number of nitrogens with zero attached hydrogens (tertiary/aromatic N) is 2. The first-order chi connectivity index (χ1) is 10.2. The predicted octanol–water partition coefficient (Wildman–Crippen LogP) is 2.66. The van der Waals surface area contributed by atoms with Gasteiger partial charge in [-0.3, -0.25) is 9.80 Å². The third-order valence-electron chi connectivity index (χ3n) is 5.24. The van der Waals surface area contributed by atoms with Gasteiger partial charge in [-0.15, -0.1) is 0 Å². The van der Waals surface area contributed by atoms with Gasteiger partial charge in [-0.2, -0.15) is 0 Å². The molecule has 0 bridgehead atoms. The summed E-state index contributed by atoms with van der Waals surface area (Å²) in [6.45, 7) is 11.8. The second-order valence-electron chi connectivity index (χ2n) is 7.30. The molecule has 1 heterocycles. The van der Waals surface area contributed by atoms with Crippen molar-refractivity contribution in [1.29, 1.82) is 0 Å². The number of aryl methyl sites for hydroxylation is 1. The average molecular weight is 308 g/mol. The minimum atomic E-state index is -0.165. The first-order valence-corrected chi connectivity index (χ1v) is 8.09. The summed E-state index contributed by atoms with van der Waals surface area (Å²) in [7, 11) is 2.13. The van der Waals surface area contributed by atoms with Crippen LogP contribution < -0.4 is 0 Å². The summed E-state index contributed by atoms with van der Waals surface area (Å²) in [5.41, 5.74) is 1.85. The zero-order valence-corrected chi connectivity index (χ0v) is 14.4. The van der Waals surface area contributed by atoms with Crippen LogP contribution >= 0.6 is 0 Å². The number of β-amino-alcohol motifs (C(OH)–C–C–N with tert-alkyl or cyclic N) is 1. The highest BCUT2D eigenvalue weighted by Crippen LogP contribution is 2.28. The normalized spacial score (nSPS) is 19.5. The predicted molar refractivity (Wildman–Crippen MR) is 88.3 cm³/mol. The molecule has 22 heavy (non-hydrogen) atoms. The molecule has 1 fully saturated rings. The van der Waals surface area contributed by atoms with Crippen LogP contribution in [0.5, 0.6) is 0 Å². The molecule has 1 aliphatic rings. The van der Waals surface area contributed by atoms with E-state index in [4.69, 9.17) is 0 Å². The maximum Gasteiger partial charge on any atom is 0.126 e. The Morgan fingerprint density at radius 3 is 2.55 bits per heavy atom. The van der Waals surface area contributed by atoms with Gasteiger partial charge in [0, 0.05) is 31.7 Å². The summed E-state index contributed by atoms with van der Waals surface area (Å²) in [5, 5.41) is 9.49. The van der Waals surface area contributed by atoms with Gasteiger partial charge in [0.05, 0.1) is 6.10 Å². The van der Waals surface area contributed by atoms with Crippen LogP contribution in [0, 0.1) is 18.7 Å². The molecule has 1 unspecified atom stereocenters. The van der Waals surface area contributed by atoms with E-state index in [2.05, 4.69) is 37.6 Å². The van der Waals surface area contributed by atoms with E-state index in [1.165, 1.54) is 0 Å². The molecule has 0 aromatic heterocycles. The Hall–Kier alpha value is -0.970. The quantitative estimate of drug-likeness (QED) is 0.875. The van der Waals surface area contributed by atoms with E-state index in [0.29, 0.717) is 11.5 Å². The van der Waals surface area contributed by atoms with E-state index in [-0.39, 0.29) is 17.5 Å². The van der Waals surface area contributed by atoms with Gasteiger partial charge in [0.15, 0.2) is 0 Å². The Kier molecular flexibility index (Phi) is 5.25. The van der Waals surface area contributed by atoms with Gasteiger partial charge >= 0.3 is 0 Å². The molecule has 1 aromatic carbocycles. The Labute approximate surface area is 133 Å². The first-order valence-electron chi connectivity index (χ1n) is 8.09. The van der Waals surface area contributed by atoms with Crippen molar-refractivity contribution >= 4 is 0 Å². The Balaban J connectivity index is 2.08. The SMILES string of the molecule is Cc1cc(CN(C)C(C)(CN2CC(O)C2)C(C)C)ccc1F. The van der Waals surface area contributed by atoms with Gasteiger partial charge in [0.1, 0.15) is 5.82 Å². The summed E-state index contributed by atoms with van der Waals surface area (Å²) >= 11 is 0. The van der Waals surface area contributed by atoms with Crippen molar-refractivity contribution in [2.75, 3.05) is 26.7 Å². The number of halogens is 1. The summed E-state index contributed by atoms with van der Waals surface area (Å²) < 4.78 is 13.4. The third kappa shape index (κ3) is 3.67. The van der Waals surface area contributed by atoms with Gasteiger partial charge in [0.2, 0.25) is 0 Å². The molecule has 0 radical (unpaired) electrons. The number of rotatable bonds is 6. The molecule has 3 nitrogen and oxygen atoms in total. The third-order valence-corrected chi connectivity index (χ3v) is 5.24. The fraction of sp³-hybridized carbons (Fsp3) is 0.667. The highest BCUT2D eigenvalue weighted by atomic mass is 19.1. The molecule has 4 heteroatoms. The number of aliphatic hydroxyl groups excluding tert-OH is 1. The topological polar surface area (TPSA) is 26.7 Å². The van der Waals surface area contributed by atoms with Crippen molar-refractivity contribution in [3.63, 3.8) is 0 Å². The molecule has 0 saturated carbocycles. The summed E-state index contributed by atoms with van der Waals surface area (Å²) in [4.78, 5) is 4.66. The second kappa shape index (κ2) is 6.65. The van der Waals surface area contributed by atoms with Crippen LogP contribution in [-0.4, -0.2) is 53.2 Å². The van der Waals surface area contributed by atoms with Crippen molar-refractivity contribution < 1.29 is 9.50 Å². The molecule has 1 aliphatic heterocycles. The summed E-state index contributed by atoms with van der Waals surface area (Å²) in [6.07, 6.45) is -0.165. The van der Waals surface area contributed by atoms with E-state index >= 15 is 0 Å². The summed E-state index contributed by atoms with van der Waals surface area (Å²) in [5.74, 6) is 0.337. The molecule has 0 spiro atoms. The van der Waals surface area contributed by atoms with E-state index in [0.717, 1.165) is 31.7 Å². The second-order valence-corrected chi connectivity index (χ2v) is 7.30. The maximum atomic E-state index is 13.4. The van der Waals surface area contributed by atoms with E-state index in [1.54, 1.807) is 6.07 Å². The molecule has 1 atom stereocenters. The van der Waals surface area contributed by atoms with Gasteiger partial charge < -0.3 is 5.11 Å². The van der Waals surface area contributed by atoms with Gasteiger partial charge in [0.25, 0.3) is 0 Å². The lowest BCUT2D eigenvalue weighted by Gasteiger charge is -2.49. The fourth-order valence-corrected chi connectivity index (χ4v) is 3.13. The van der Waals surface area contributed by atoms with Crippen LogP contribution in [-0.2, 0) is 6.54 Å². The van der Waals surface area contributed by atoms with Crippen LogP contribution in [0.4, 0.5) is 4.39 Å². The number of likely N-dealkylation sites (tertiary alicyclic amines) is 1. The number of benzene rings is 1. The average Bonchev–Trinajstić information content (AvgIpc) is 2.40. The van der Waals surface area contributed by atoms with Crippen molar-refractivity contribution in [2.45, 2.75) is 45.9 Å². The minimum Gasteiger partial charge on any atom is -0.390 e. The lowest BCUT2D eigenvalue weighted by Crippen LogP contribution is -2.61. The highest BCUT2D eigenvalue weighted by Gasteiger charge is 2.38. The molecular formula is C18H29FN2O. The van der Waals surface area contributed by atoms with Crippen LogP contribution in [0.15, 0.2) is 18.2 Å². The van der Waals surface area contributed by atoms with Crippen LogP contribution in [0.3, 0.4) is 0 Å². The number of hydrogen-bond acceptors (Lipinski definition) is 3. The molecule has 1 N–H and O–H groups in total. The monoisotopic (exact) mass is 308 g/mol. The van der Waals surface area contributed by atoms with Crippen LogP contribution in [0.1, 0.15) is 31.9 Å². The number of aliphatic hydroxyl groups is 1. The molecule has 1 saturated heterocycles. The molecule has 0 aliphatic carbocycles. The Bertz CT molecular complexity index is 514. The number of hydrogen-bond donors (Lipinski definition) is 1. The molecular weight excluding hydrogens is 279 g/mol. The van der Waals surface area contributed by atoms with Gasteiger partial charge in [-0.25, -0.2) is 4.39 Å². The number of likely N-dealkylation sites (N-methyl/N-ethyl adjacent to an activating group) is 1. The van der Waals surface area contributed by atoms with E-state index in [9.17, 15) is 9.50 Å². The van der Waals surface area contributed by atoms with Crippen LogP contribution in [0.25, 0.3) is 0 Å². The van der Waals surface area contributed by atoms with Gasteiger partial charge in [-0.1, -0.05) is 26.0 Å².